The summed E-state index contributed by atoms with van der Waals surface area (Å²) >= 11 is 0. The number of nitrogens with zero attached hydrogens (tertiary/aromatic N) is 1. The number of nitrogens with one attached hydrogen (secondary N) is 2. The molecule has 23 heavy (non-hydrogen) atoms. The second kappa shape index (κ2) is 5.39. The molecule has 4 nitrogen and oxygen atoms in total. The number of hydrogen-bond acceptors (Lipinski definition) is 2. The van der Waals surface area contributed by atoms with Crippen molar-refractivity contribution in [3.63, 3.8) is 0 Å². The lowest BCUT2D eigenvalue weighted by Gasteiger charge is -2.24. The van der Waals surface area contributed by atoms with Crippen LogP contribution >= 0.6 is 0 Å². The Labute approximate surface area is 134 Å². The van der Waals surface area contributed by atoms with Gasteiger partial charge in [-0.25, -0.2) is 0 Å². The first-order valence-electron chi connectivity index (χ1n) is 7.73. The first-order chi connectivity index (χ1) is 11.2. The highest BCUT2D eigenvalue weighted by Gasteiger charge is 2.32. The average Bonchev–Trinajstić information content (AvgIpc) is 2.99. The molecule has 1 amide bonds. The van der Waals surface area contributed by atoms with Crippen molar-refractivity contribution < 1.29 is 4.79 Å². The quantitative estimate of drug-likeness (QED) is 0.755. The summed E-state index contributed by atoms with van der Waals surface area (Å²) in [4.78, 5) is 12.1. The lowest BCUT2D eigenvalue weighted by molar-refractivity contribution is -0.116. The van der Waals surface area contributed by atoms with E-state index in [-0.39, 0.29) is 11.8 Å². The monoisotopic (exact) mass is 303 g/mol. The van der Waals surface area contributed by atoms with Crippen LogP contribution in [0.3, 0.4) is 0 Å². The molecule has 114 valence electrons. The van der Waals surface area contributed by atoms with E-state index in [9.17, 15) is 4.79 Å². The molecule has 0 radical (unpaired) electrons. The van der Waals surface area contributed by atoms with Crippen LogP contribution in [-0.4, -0.2) is 16.1 Å². The number of benzene rings is 2. The van der Waals surface area contributed by atoms with Gasteiger partial charge in [-0.3, -0.25) is 9.89 Å². The van der Waals surface area contributed by atoms with Gasteiger partial charge >= 0.3 is 0 Å². The number of hydrogen-bond donors (Lipinski definition) is 2. The molecule has 0 fully saturated rings. The summed E-state index contributed by atoms with van der Waals surface area (Å²) in [6.45, 7) is 2.09. The van der Waals surface area contributed by atoms with Gasteiger partial charge in [-0.05, 0) is 23.6 Å². The summed E-state index contributed by atoms with van der Waals surface area (Å²) in [7, 11) is 0. The zero-order chi connectivity index (χ0) is 15.8. The van der Waals surface area contributed by atoms with Crippen LogP contribution in [0.5, 0.6) is 0 Å². The lowest BCUT2D eigenvalue weighted by Crippen LogP contribution is -2.23. The Morgan fingerprint density at radius 3 is 2.57 bits per heavy atom. The topological polar surface area (TPSA) is 57.8 Å². The van der Waals surface area contributed by atoms with Crippen LogP contribution in [0.2, 0.25) is 0 Å². The SMILES string of the molecule is Cc1ccccc1[C@@H]1CC(=O)Nc2n[nH]c(-c3ccccc3)c21. The van der Waals surface area contributed by atoms with Crippen LogP contribution in [0.15, 0.2) is 54.6 Å². The molecule has 0 spiro atoms. The van der Waals surface area contributed by atoms with E-state index >= 15 is 0 Å². The van der Waals surface area contributed by atoms with Crippen molar-refractivity contribution in [1.29, 1.82) is 0 Å². The first kappa shape index (κ1) is 13.8. The summed E-state index contributed by atoms with van der Waals surface area (Å²) in [5.41, 5.74) is 5.51. The minimum absolute atomic E-state index is 0.0110. The van der Waals surface area contributed by atoms with E-state index in [2.05, 4.69) is 46.7 Å². The number of aryl methyl sites for hydroxylation is 1. The number of aromatic nitrogens is 2. The van der Waals surface area contributed by atoms with Crippen LogP contribution in [0, 0.1) is 6.92 Å². The summed E-state index contributed by atoms with van der Waals surface area (Å²) in [5.74, 6) is 0.680. The van der Waals surface area contributed by atoms with E-state index < -0.39 is 0 Å². The number of carbonyl (C=O) groups is 1. The van der Waals surface area contributed by atoms with Gasteiger partial charge in [0.1, 0.15) is 0 Å². The highest BCUT2D eigenvalue weighted by atomic mass is 16.1. The molecule has 3 aromatic rings. The Kier molecular flexibility index (Phi) is 3.23. The number of amides is 1. The highest BCUT2D eigenvalue weighted by molar-refractivity contribution is 5.96. The third-order valence-electron chi connectivity index (χ3n) is 4.43. The van der Waals surface area contributed by atoms with Crippen LogP contribution in [-0.2, 0) is 4.79 Å². The Morgan fingerprint density at radius 2 is 1.78 bits per heavy atom. The average molecular weight is 303 g/mol. The summed E-state index contributed by atoms with van der Waals surface area (Å²) in [6.07, 6.45) is 0.442. The van der Waals surface area contributed by atoms with Crippen molar-refractivity contribution in [2.45, 2.75) is 19.3 Å². The van der Waals surface area contributed by atoms with Crippen LogP contribution in [0.25, 0.3) is 11.3 Å². The van der Waals surface area contributed by atoms with Crippen molar-refractivity contribution >= 4 is 11.7 Å². The zero-order valence-electron chi connectivity index (χ0n) is 12.8. The van der Waals surface area contributed by atoms with Crippen molar-refractivity contribution in [2.75, 3.05) is 5.32 Å². The number of carbonyl (C=O) groups excluding carboxylic acids is 1. The Balaban J connectivity index is 1.91. The third kappa shape index (κ3) is 2.32. The molecule has 0 bridgehead atoms. The Hall–Kier alpha value is -2.88. The second-order valence-corrected chi connectivity index (χ2v) is 5.89. The van der Waals surface area contributed by atoms with E-state index in [0.717, 1.165) is 16.8 Å². The molecular weight excluding hydrogens is 286 g/mol. The molecule has 1 atom stereocenters. The maximum absolute atomic E-state index is 12.1. The number of anilines is 1. The van der Waals surface area contributed by atoms with Gasteiger partial charge in [-0.15, -0.1) is 0 Å². The molecule has 0 aliphatic carbocycles. The normalized spacial score (nSPS) is 16.7. The van der Waals surface area contributed by atoms with Crippen molar-refractivity contribution in [2.24, 2.45) is 0 Å². The molecule has 1 aliphatic rings. The highest BCUT2D eigenvalue weighted by Crippen LogP contribution is 2.42. The van der Waals surface area contributed by atoms with Gasteiger partial charge in [-0.2, -0.15) is 5.10 Å². The smallest absolute Gasteiger partial charge is 0.226 e. The lowest BCUT2D eigenvalue weighted by atomic mass is 9.82. The Bertz CT molecular complexity index is 867. The largest absolute Gasteiger partial charge is 0.309 e. The van der Waals surface area contributed by atoms with E-state index in [0.29, 0.717) is 12.2 Å². The number of rotatable bonds is 2. The molecule has 2 heterocycles. The van der Waals surface area contributed by atoms with E-state index in [1.807, 2.05) is 30.3 Å². The first-order valence-corrected chi connectivity index (χ1v) is 7.73. The van der Waals surface area contributed by atoms with Crippen LogP contribution in [0.1, 0.15) is 29.0 Å². The number of fused-ring (bicyclic) bond motifs is 1. The standard InChI is InChI=1S/C19H17N3O/c1-12-7-5-6-10-14(12)15-11-16(23)20-19-17(15)18(21-22-19)13-8-3-2-4-9-13/h2-10,15H,11H2,1H3,(H2,20,21,22,23)/t15-/m0/s1. The van der Waals surface area contributed by atoms with Crippen molar-refractivity contribution in [3.05, 3.63) is 71.3 Å². The van der Waals surface area contributed by atoms with Gasteiger partial charge in [0.25, 0.3) is 0 Å². The summed E-state index contributed by atoms with van der Waals surface area (Å²) < 4.78 is 0. The fourth-order valence-corrected chi connectivity index (χ4v) is 3.32. The van der Waals surface area contributed by atoms with Gasteiger partial charge in [-0.1, -0.05) is 54.6 Å². The summed E-state index contributed by atoms with van der Waals surface area (Å²) in [5, 5.41) is 10.3. The van der Waals surface area contributed by atoms with Gasteiger partial charge in [0.05, 0.1) is 5.69 Å². The fourth-order valence-electron chi connectivity index (χ4n) is 3.32. The molecule has 0 saturated carbocycles. The van der Waals surface area contributed by atoms with Crippen molar-refractivity contribution in [3.8, 4) is 11.3 Å². The van der Waals surface area contributed by atoms with E-state index in [1.165, 1.54) is 11.1 Å². The van der Waals surface area contributed by atoms with E-state index in [4.69, 9.17) is 0 Å². The molecule has 2 aromatic carbocycles. The maximum atomic E-state index is 12.1. The van der Waals surface area contributed by atoms with Gasteiger partial charge in [0, 0.05) is 17.9 Å². The predicted molar refractivity (Wildman–Crippen MR) is 90.3 cm³/mol. The van der Waals surface area contributed by atoms with Crippen LogP contribution in [0.4, 0.5) is 5.82 Å². The number of aromatic amines is 1. The van der Waals surface area contributed by atoms with Gasteiger partial charge in [0.15, 0.2) is 5.82 Å². The van der Waals surface area contributed by atoms with Gasteiger partial charge < -0.3 is 5.32 Å². The molecule has 1 aromatic heterocycles. The second-order valence-electron chi connectivity index (χ2n) is 5.89. The fraction of sp³-hybridized carbons (Fsp3) is 0.158. The molecule has 2 N–H and O–H groups in total. The minimum atomic E-state index is 0.0110. The minimum Gasteiger partial charge on any atom is -0.309 e. The molecule has 0 unspecified atom stereocenters. The van der Waals surface area contributed by atoms with Gasteiger partial charge in [0.2, 0.25) is 5.91 Å². The molecule has 4 rings (SSSR count). The molecule has 4 heteroatoms. The number of H-pyrrole nitrogens is 1. The molecular formula is C19H17N3O. The third-order valence-corrected chi connectivity index (χ3v) is 4.43. The predicted octanol–water partition coefficient (Wildman–Crippen LogP) is 3.86. The Morgan fingerprint density at radius 1 is 1.04 bits per heavy atom. The maximum Gasteiger partial charge on any atom is 0.226 e. The summed E-state index contributed by atoms with van der Waals surface area (Å²) in [6, 6.07) is 18.4. The van der Waals surface area contributed by atoms with E-state index in [1.54, 1.807) is 0 Å². The molecule has 1 aliphatic heterocycles. The zero-order valence-corrected chi connectivity index (χ0v) is 12.8. The van der Waals surface area contributed by atoms with Crippen molar-refractivity contribution in [1.82, 2.24) is 10.2 Å². The molecule has 0 saturated heterocycles. The van der Waals surface area contributed by atoms with Crippen LogP contribution < -0.4 is 5.32 Å².